The average molecular weight is 573 g/mol. The lowest BCUT2D eigenvalue weighted by atomic mass is 9.96. The van der Waals surface area contributed by atoms with E-state index in [1.54, 1.807) is 24.9 Å². The van der Waals surface area contributed by atoms with Crippen molar-refractivity contribution in [1.82, 2.24) is 14.9 Å². The summed E-state index contributed by atoms with van der Waals surface area (Å²) >= 11 is 7.63. The van der Waals surface area contributed by atoms with Gasteiger partial charge in [-0.15, -0.1) is 0 Å². The van der Waals surface area contributed by atoms with Gasteiger partial charge < -0.3 is 20.4 Å². The molecule has 1 fully saturated rings. The number of rotatable bonds is 2. The summed E-state index contributed by atoms with van der Waals surface area (Å²) in [6.07, 6.45) is 1.40. The summed E-state index contributed by atoms with van der Waals surface area (Å²) in [5.41, 5.74) is 7.18. The maximum absolute atomic E-state index is 16.3. The molecule has 0 spiro atoms. The van der Waals surface area contributed by atoms with Crippen molar-refractivity contribution in [2.24, 2.45) is 0 Å². The molecule has 2 aromatic carbocycles. The summed E-state index contributed by atoms with van der Waals surface area (Å²) in [5, 5.41) is 0.505. The third kappa shape index (κ3) is 3.65. The summed E-state index contributed by atoms with van der Waals surface area (Å²) in [6, 6.07) is 2.83. The van der Waals surface area contributed by atoms with Crippen molar-refractivity contribution in [2.45, 2.75) is 19.0 Å². The highest BCUT2D eigenvalue weighted by Gasteiger charge is 2.45. The van der Waals surface area contributed by atoms with Gasteiger partial charge in [-0.05, 0) is 25.1 Å². The molecule has 2 aromatic heterocycles. The van der Waals surface area contributed by atoms with E-state index in [1.807, 2.05) is 0 Å². The van der Waals surface area contributed by atoms with Gasteiger partial charge in [0.2, 0.25) is 0 Å². The Bertz CT molecular complexity index is 1760. The number of hydrogen-bond acceptors (Lipinski definition) is 7. The molecule has 13 heteroatoms. The van der Waals surface area contributed by atoms with Crippen LogP contribution in [-0.4, -0.2) is 58.9 Å². The molecule has 4 aromatic rings. The van der Waals surface area contributed by atoms with Crippen molar-refractivity contribution >= 4 is 72.4 Å². The number of piperazine rings is 1. The van der Waals surface area contributed by atoms with E-state index in [0.29, 0.717) is 16.8 Å². The molecule has 8 nitrogen and oxygen atoms in total. The molecule has 6 rings (SSSR count). The molecule has 39 heavy (non-hydrogen) atoms. The van der Waals surface area contributed by atoms with Gasteiger partial charge in [0.25, 0.3) is 11.8 Å². The maximum Gasteiger partial charge on any atom is 0.282 e. The summed E-state index contributed by atoms with van der Waals surface area (Å²) in [5.74, 6) is -3.59. The first-order valence-electron chi connectivity index (χ1n) is 11.8. The number of carbonyl (C=O) groups excluding carboxylic acids is 2. The van der Waals surface area contributed by atoms with Crippen molar-refractivity contribution < 1.29 is 22.8 Å². The van der Waals surface area contributed by atoms with Crippen LogP contribution in [0.4, 0.5) is 29.7 Å². The molecule has 2 atom stereocenters. The van der Waals surface area contributed by atoms with Crippen LogP contribution in [0.5, 0.6) is 0 Å². The molecule has 0 unspecified atom stereocenters. The highest BCUT2D eigenvalue weighted by molar-refractivity contribution is 7.22. The van der Waals surface area contributed by atoms with Gasteiger partial charge in [-0.1, -0.05) is 29.5 Å². The number of halogens is 4. The second-order valence-electron chi connectivity index (χ2n) is 9.54. The first-order valence-corrected chi connectivity index (χ1v) is 13.0. The number of nitrogens with zero attached hydrogens (tertiary/aromatic N) is 5. The minimum Gasteiger partial charge on any atom is -0.375 e. The second-order valence-corrected chi connectivity index (χ2v) is 11.0. The first-order chi connectivity index (χ1) is 18.5. The number of nitrogens with two attached hydrogens (primary N) is 1. The molecule has 4 heterocycles. The minimum absolute atomic E-state index is 0.00560. The zero-order valence-corrected chi connectivity index (χ0v) is 22.2. The average Bonchev–Trinajstić information content (AvgIpc) is 3.29. The van der Waals surface area contributed by atoms with E-state index in [-0.39, 0.29) is 56.0 Å². The van der Waals surface area contributed by atoms with Crippen LogP contribution < -0.4 is 15.5 Å². The fraction of sp³-hybridized carbons (Fsp3) is 0.231. The van der Waals surface area contributed by atoms with Crippen LogP contribution in [0.25, 0.3) is 32.2 Å². The Labute approximate surface area is 229 Å². The monoisotopic (exact) mass is 572 g/mol. The molecular formula is C26H20ClF3N6O2S. The molecular weight excluding hydrogens is 553 g/mol. The van der Waals surface area contributed by atoms with Crippen LogP contribution in [0.15, 0.2) is 36.8 Å². The molecule has 2 amide bonds. The summed E-state index contributed by atoms with van der Waals surface area (Å²) < 4.78 is 44.5. The van der Waals surface area contributed by atoms with Gasteiger partial charge >= 0.3 is 0 Å². The molecule has 2 aliphatic heterocycles. The van der Waals surface area contributed by atoms with E-state index in [2.05, 4.69) is 16.5 Å². The number of hydrogen-bond donors (Lipinski definition) is 1. The lowest BCUT2D eigenvalue weighted by Crippen LogP contribution is -2.65. The van der Waals surface area contributed by atoms with Gasteiger partial charge in [0.1, 0.15) is 17.4 Å². The van der Waals surface area contributed by atoms with E-state index in [0.717, 1.165) is 11.3 Å². The van der Waals surface area contributed by atoms with E-state index < -0.39 is 35.5 Å². The SMILES string of the molecule is C=C(F)C(=O)N1C[C@@H]2C(=O)N(C)c3cnc4c(F)c(-c5ccc(F)c6sc(N)nc56)c(Cl)cc4c3N2C[C@H]1C. The third-order valence-corrected chi connectivity index (χ3v) is 8.47. The quantitative estimate of drug-likeness (QED) is 0.344. The highest BCUT2D eigenvalue weighted by atomic mass is 35.5. The van der Waals surface area contributed by atoms with Crippen molar-refractivity contribution in [3.8, 4) is 11.1 Å². The number of thiazole rings is 1. The molecule has 1 saturated heterocycles. The molecule has 0 aliphatic carbocycles. The number of carbonyl (C=O) groups is 2. The first kappa shape index (κ1) is 25.4. The van der Waals surface area contributed by atoms with Crippen molar-refractivity contribution in [1.29, 1.82) is 0 Å². The van der Waals surface area contributed by atoms with Gasteiger partial charge in [0.05, 0.1) is 39.4 Å². The van der Waals surface area contributed by atoms with E-state index in [9.17, 15) is 18.4 Å². The van der Waals surface area contributed by atoms with Crippen LogP contribution in [-0.2, 0) is 9.59 Å². The number of amides is 2. The summed E-state index contributed by atoms with van der Waals surface area (Å²) in [7, 11) is 1.55. The predicted molar refractivity (Wildman–Crippen MR) is 146 cm³/mol. The lowest BCUT2D eigenvalue weighted by Gasteiger charge is -2.50. The number of likely N-dealkylation sites (N-methyl/N-ethyl adjacent to an activating group) is 1. The number of fused-ring (bicyclic) bond motifs is 6. The van der Waals surface area contributed by atoms with Crippen LogP contribution in [0.2, 0.25) is 5.02 Å². The Kier molecular flexibility index (Phi) is 5.74. The molecule has 0 bridgehead atoms. The van der Waals surface area contributed by atoms with Gasteiger partial charge in [-0.3, -0.25) is 14.6 Å². The van der Waals surface area contributed by atoms with E-state index in [4.69, 9.17) is 17.3 Å². The van der Waals surface area contributed by atoms with Crippen LogP contribution >= 0.6 is 22.9 Å². The summed E-state index contributed by atoms with van der Waals surface area (Å²) in [4.78, 5) is 38.6. The molecule has 0 saturated carbocycles. The molecule has 2 N–H and O–H groups in total. The molecule has 200 valence electrons. The Hall–Kier alpha value is -3.90. The molecule has 2 aliphatic rings. The fourth-order valence-electron chi connectivity index (χ4n) is 5.44. The minimum atomic E-state index is -1.11. The Morgan fingerprint density at radius 2 is 2.00 bits per heavy atom. The standard InChI is InChI=1S/C26H20ClF3N6O2S/c1-10-8-36-17(9-35(10)24(37)11(2)28)25(38)34(3)16-7-32-20-13(22(16)36)6-14(27)18(19(20)30)12-4-5-15(29)23-21(12)33-26(31)39-23/h4-7,10,17H,2,8-9H2,1,3H3,(H2,31,33)/t10-,17-/m1/s1. The normalized spacial score (nSPS) is 19.0. The van der Waals surface area contributed by atoms with Crippen LogP contribution in [0.3, 0.4) is 0 Å². The van der Waals surface area contributed by atoms with E-state index >= 15 is 4.39 Å². The van der Waals surface area contributed by atoms with E-state index in [1.165, 1.54) is 28.1 Å². The zero-order chi connectivity index (χ0) is 27.9. The second kappa shape index (κ2) is 8.82. The maximum atomic E-state index is 16.3. The van der Waals surface area contributed by atoms with Gasteiger partial charge in [-0.25, -0.2) is 18.2 Å². The Balaban J connectivity index is 1.55. The van der Waals surface area contributed by atoms with Crippen molar-refractivity contribution in [3.05, 3.63) is 53.5 Å². The Morgan fingerprint density at radius 1 is 1.26 bits per heavy atom. The number of nitrogen functional groups attached to an aromatic ring is 1. The lowest BCUT2D eigenvalue weighted by molar-refractivity contribution is -0.133. The topological polar surface area (TPSA) is 95.7 Å². The number of pyridine rings is 1. The molecule has 0 radical (unpaired) electrons. The van der Waals surface area contributed by atoms with Gasteiger partial charge in [-0.2, -0.15) is 0 Å². The zero-order valence-electron chi connectivity index (χ0n) is 20.6. The number of anilines is 3. The third-order valence-electron chi connectivity index (χ3n) is 7.28. The van der Waals surface area contributed by atoms with Gasteiger partial charge in [0.15, 0.2) is 16.8 Å². The Morgan fingerprint density at radius 3 is 2.72 bits per heavy atom. The number of benzene rings is 2. The van der Waals surface area contributed by atoms with Crippen LogP contribution in [0, 0.1) is 11.6 Å². The van der Waals surface area contributed by atoms with Crippen molar-refractivity contribution in [2.75, 3.05) is 35.7 Å². The highest BCUT2D eigenvalue weighted by Crippen LogP contribution is 2.47. The predicted octanol–water partition coefficient (Wildman–Crippen LogP) is 4.89. The van der Waals surface area contributed by atoms with Crippen molar-refractivity contribution in [3.63, 3.8) is 0 Å². The number of aromatic nitrogens is 2. The van der Waals surface area contributed by atoms with Crippen LogP contribution in [0.1, 0.15) is 6.92 Å². The fourth-order valence-corrected chi connectivity index (χ4v) is 6.50. The largest absolute Gasteiger partial charge is 0.375 e. The van der Waals surface area contributed by atoms with Gasteiger partial charge in [0, 0.05) is 36.1 Å². The smallest absolute Gasteiger partial charge is 0.282 e. The summed E-state index contributed by atoms with van der Waals surface area (Å²) in [6.45, 7) is 4.92.